The topological polar surface area (TPSA) is 87.2 Å². The summed E-state index contributed by atoms with van der Waals surface area (Å²) in [4.78, 5) is 0.146. The maximum Gasteiger partial charge on any atom is 0.133 e. The molecular formula is H2N6O. The molecule has 2 N–H and O–H groups in total. The highest BCUT2D eigenvalue weighted by atomic mass is 16.6. The molecule has 0 radical (unpaired) electrons. The lowest BCUT2D eigenvalue weighted by atomic mass is 12.2. The van der Waals surface area contributed by atoms with Crippen LogP contribution in [-0.4, -0.2) is 4.97 Å². The number of rotatable bonds is 0. The van der Waals surface area contributed by atoms with Gasteiger partial charge in [-0.3, -0.25) is 0 Å². The maximum absolute atomic E-state index is 9.89. The average molecular weight is 102 g/mol. The quantitative estimate of drug-likeness (QED) is 0.311. The number of hydrogen-bond acceptors (Lipinski definition) is 6. The van der Waals surface area contributed by atoms with E-state index < -0.39 is 0 Å². The normalized spacial score (nSPS) is 16.9. The van der Waals surface area contributed by atoms with Gasteiger partial charge in [-0.05, 0) is 0 Å². The zero-order valence-corrected chi connectivity index (χ0v) is 3.20. The minimum absolute atomic E-state index is 0.146. The van der Waals surface area contributed by atoms with E-state index in [2.05, 4.69) is 15.7 Å². The third-order valence-corrected chi connectivity index (χ3v) is 0.361. The number of hydrazine groups is 1. The first kappa shape index (κ1) is 3.78. The minimum atomic E-state index is 0.146. The van der Waals surface area contributed by atoms with E-state index >= 15 is 0 Å². The predicted molar refractivity (Wildman–Crippen MR) is 17.2 cm³/mol. The third kappa shape index (κ3) is 0.714. The van der Waals surface area contributed by atoms with Gasteiger partial charge in [0.15, 0.2) is 0 Å². The van der Waals surface area contributed by atoms with Crippen LogP contribution in [0.5, 0.6) is 0 Å². The van der Waals surface area contributed by atoms with Crippen LogP contribution >= 0.6 is 0 Å². The van der Waals surface area contributed by atoms with Gasteiger partial charge in [-0.25, -0.2) is 0 Å². The van der Waals surface area contributed by atoms with Crippen molar-refractivity contribution in [3.8, 4) is 0 Å². The highest BCUT2D eigenvalue weighted by molar-refractivity contribution is 4.07. The summed E-state index contributed by atoms with van der Waals surface area (Å²) >= 11 is 0. The minimum Gasteiger partial charge on any atom is -0.705 e. The summed E-state index contributed by atoms with van der Waals surface area (Å²) in [5.41, 5.74) is 3.86. The largest absolute Gasteiger partial charge is 0.705 e. The summed E-state index contributed by atoms with van der Waals surface area (Å²) in [6, 6.07) is 0. The molecule has 0 saturated carbocycles. The molecule has 7 heavy (non-hydrogen) atoms. The van der Waals surface area contributed by atoms with Crippen molar-refractivity contribution < 1.29 is 4.97 Å². The van der Waals surface area contributed by atoms with Crippen LogP contribution in [0.15, 0.2) is 15.7 Å². The van der Waals surface area contributed by atoms with Gasteiger partial charge in [0, 0.05) is 0 Å². The Kier molecular flexibility index (Phi) is 0.739. The molecule has 0 saturated heterocycles. The summed E-state index contributed by atoms with van der Waals surface area (Å²) < 4.78 is 0. The van der Waals surface area contributed by atoms with Gasteiger partial charge in [0.05, 0.1) is 5.22 Å². The standard InChI is InChI=1S/H2N6O/c7-6-4-2-1-3-5-6/h(H,2,3)(H,1,4,5). The zero-order chi connectivity index (χ0) is 5.11. The molecule has 1 rings (SSSR count). The van der Waals surface area contributed by atoms with Crippen LogP contribution in [0.2, 0.25) is 0 Å². The molecule has 1 aliphatic rings. The first-order chi connectivity index (χ1) is 3.39. The molecule has 0 aromatic carbocycles. The van der Waals surface area contributed by atoms with Gasteiger partial charge in [0.1, 0.15) is 10.4 Å². The molecular weight excluding hydrogens is 100 g/mol. The molecule has 0 amide bonds. The lowest BCUT2D eigenvalue weighted by Gasteiger charge is -2.01. The molecule has 0 bridgehead atoms. The Morgan fingerprint density at radius 1 is 1.43 bits per heavy atom. The maximum atomic E-state index is 9.89. The Balaban J connectivity index is 2.50. The smallest absolute Gasteiger partial charge is 0.133 e. The van der Waals surface area contributed by atoms with E-state index in [9.17, 15) is 5.21 Å². The van der Waals surface area contributed by atoms with Gasteiger partial charge < -0.3 is 5.21 Å². The van der Waals surface area contributed by atoms with Crippen LogP contribution < -0.4 is 11.1 Å². The molecule has 38 valence electrons. The first-order valence-corrected chi connectivity index (χ1v) is 1.48. The Bertz CT molecular complexity index is 111. The van der Waals surface area contributed by atoms with Crippen molar-refractivity contribution in [3.63, 3.8) is 0 Å². The molecule has 0 aliphatic carbocycles. The second-order valence-corrected chi connectivity index (χ2v) is 0.773. The molecule has 0 unspecified atom stereocenters. The monoisotopic (exact) mass is 102 g/mol. The van der Waals surface area contributed by atoms with E-state index in [1.165, 1.54) is 0 Å². The van der Waals surface area contributed by atoms with Crippen molar-refractivity contribution in [2.75, 3.05) is 0 Å². The van der Waals surface area contributed by atoms with E-state index in [1.807, 2.05) is 11.1 Å². The average Bonchev–Trinajstić information content (AvgIpc) is 1.69. The lowest BCUT2D eigenvalue weighted by molar-refractivity contribution is -0.602. The van der Waals surface area contributed by atoms with Gasteiger partial charge in [-0.1, -0.05) is 16.0 Å². The second kappa shape index (κ2) is 1.37. The Labute approximate surface area is 38.2 Å². The number of nitrogens with zero attached hydrogens (tertiary/aromatic N) is 4. The summed E-state index contributed by atoms with van der Waals surface area (Å²) in [6.45, 7) is 0. The van der Waals surface area contributed by atoms with Gasteiger partial charge >= 0.3 is 0 Å². The van der Waals surface area contributed by atoms with Crippen LogP contribution in [-0.2, 0) is 0 Å². The van der Waals surface area contributed by atoms with Gasteiger partial charge in [-0.2, -0.15) is 0 Å². The van der Waals surface area contributed by atoms with E-state index in [-0.39, 0.29) is 4.97 Å². The molecule has 0 fully saturated rings. The highest BCUT2D eigenvalue weighted by Gasteiger charge is 1.90. The van der Waals surface area contributed by atoms with E-state index in [0.717, 1.165) is 0 Å². The predicted octanol–water partition coefficient (Wildman–Crippen LogP) is -0.746. The van der Waals surface area contributed by atoms with Crippen molar-refractivity contribution >= 4 is 0 Å². The van der Waals surface area contributed by atoms with E-state index in [4.69, 9.17) is 0 Å². The van der Waals surface area contributed by atoms with Crippen LogP contribution in [0.25, 0.3) is 0 Å². The van der Waals surface area contributed by atoms with Gasteiger partial charge in [-0.15, -0.1) is 0 Å². The second-order valence-electron chi connectivity index (χ2n) is 0.773. The molecule has 0 aromatic rings. The van der Waals surface area contributed by atoms with E-state index in [1.54, 1.807) is 0 Å². The van der Waals surface area contributed by atoms with Crippen LogP contribution in [0.3, 0.4) is 0 Å². The van der Waals surface area contributed by atoms with Crippen molar-refractivity contribution in [1.29, 1.82) is 0 Å². The van der Waals surface area contributed by atoms with E-state index in [0.29, 0.717) is 0 Å². The third-order valence-electron chi connectivity index (χ3n) is 0.361. The fourth-order valence-electron chi connectivity index (χ4n) is 0.166. The zero-order valence-electron chi connectivity index (χ0n) is 3.20. The summed E-state index contributed by atoms with van der Waals surface area (Å²) in [6.07, 6.45) is 0. The van der Waals surface area contributed by atoms with Crippen LogP contribution in [0.1, 0.15) is 0 Å². The SMILES string of the molecule is [O-][N+]1=NNN=NN1. The summed E-state index contributed by atoms with van der Waals surface area (Å²) in [5.74, 6) is 0. The fourth-order valence-corrected chi connectivity index (χ4v) is 0.166. The number of hydrogen-bond donors (Lipinski definition) is 2. The van der Waals surface area contributed by atoms with Crippen LogP contribution in [0.4, 0.5) is 0 Å². The van der Waals surface area contributed by atoms with Gasteiger partial charge in [0.25, 0.3) is 0 Å². The van der Waals surface area contributed by atoms with Crippen LogP contribution in [0, 0.1) is 5.21 Å². The molecule has 0 aromatic heterocycles. The molecule has 7 nitrogen and oxygen atoms in total. The Morgan fingerprint density at radius 3 is 2.57 bits per heavy atom. The molecule has 7 heteroatoms. The van der Waals surface area contributed by atoms with Crippen molar-refractivity contribution in [1.82, 2.24) is 11.1 Å². The number of nitrogens with one attached hydrogen (secondary N) is 2. The lowest BCUT2D eigenvalue weighted by Crippen LogP contribution is -2.22. The van der Waals surface area contributed by atoms with Crippen molar-refractivity contribution in [2.24, 2.45) is 15.7 Å². The first-order valence-electron chi connectivity index (χ1n) is 1.48. The molecule has 1 heterocycles. The fraction of sp³-hybridized carbons (Fsp3) is 0. The molecule has 0 atom stereocenters. The summed E-state index contributed by atoms with van der Waals surface area (Å²) in [5, 5.41) is 19.0. The van der Waals surface area contributed by atoms with Gasteiger partial charge in [0.2, 0.25) is 0 Å². The summed E-state index contributed by atoms with van der Waals surface area (Å²) in [7, 11) is 0. The molecule has 0 spiro atoms. The highest BCUT2D eigenvalue weighted by Crippen LogP contribution is 1.73. The Hall–Kier alpha value is -1.40. The van der Waals surface area contributed by atoms with Crippen molar-refractivity contribution in [2.45, 2.75) is 0 Å². The Morgan fingerprint density at radius 2 is 2.29 bits per heavy atom. The van der Waals surface area contributed by atoms with Crippen molar-refractivity contribution in [3.05, 3.63) is 5.21 Å². The molecule has 1 aliphatic heterocycles.